The van der Waals surface area contributed by atoms with Gasteiger partial charge in [-0.05, 0) is 68.7 Å². The van der Waals surface area contributed by atoms with Gasteiger partial charge in [0.15, 0.2) is 0 Å². The molecular weight excluding hydrogens is 488 g/mol. The first-order chi connectivity index (χ1) is 19.8. The lowest BCUT2D eigenvalue weighted by Gasteiger charge is -2.22. The van der Waals surface area contributed by atoms with Crippen LogP contribution in [-0.2, 0) is 0 Å². The number of benzene rings is 7. The zero-order valence-electron chi connectivity index (χ0n) is 21.5. The topological polar surface area (TPSA) is 22.4 Å². The summed E-state index contributed by atoms with van der Waals surface area (Å²) in [5.74, 6) is 1.82. The zero-order valence-corrected chi connectivity index (χ0v) is 21.5. The maximum Gasteiger partial charge on any atom is 0.143 e. The lowest BCUT2D eigenvalue weighted by atomic mass is 9.87. The monoisotopic (exact) mass is 510 g/mol. The standard InChI is InChI=1S/C38H22O2/c1-2-11-27-26(10-1)25(19-20-28(27)31-14-8-15-32-29-12-3-6-17-35(29)40-38(31)32)24-21-23-9-7-18-36-37(23)33(22-24)30-13-4-5-16-34(30)39-36/h1-22H. The largest absolute Gasteiger partial charge is 0.456 e. The van der Waals surface area contributed by atoms with Crippen LogP contribution in [0.2, 0.25) is 0 Å². The average Bonchev–Trinajstić information content (AvgIpc) is 3.40. The molecule has 0 N–H and O–H groups in total. The summed E-state index contributed by atoms with van der Waals surface area (Å²) in [5, 5.41) is 7.07. The number of para-hydroxylation sites is 3. The minimum atomic E-state index is 0.902. The van der Waals surface area contributed by atoms with Crippen molar-refractivity contribution in [1.82, 2.24) is 0 Å². The van der Waals surface area contributed by atoms with Crippen molar-refractivity contribution in [2.45, 2.75) is 0 Å². The zero-order chi connectivity index (χ0) is 26.2. The van der Waals surface area contributed by atoms with Crippen molar-refractivity contribution in [3.8, 4) is 44.9 Å². The summed E-state index contributed by atoms with van der Waals surface area (Å²) >= 11 is 0. The van der Waals surface area contributed by atoms with Gasteiger partial charge in [0, 0.05) is 27.3 Å². The molecule has 1 aliphatic heterocycles. The second kappa shape index (κ2) is 8.08. The molecule has 0 saturated carbocycles. The highest BCUT2D eigenvalue weighted by atomic mass is 16.5. The highest BCUT2D eigenvalue weighted by Crippen LogP contribution is 2.49. The van der Waals surface area contributed by atoms with E-state index in [0.717, 1.165) is 44.6 Å². The molecule has 186 valence electrons. The molecule has 0 bridgehead atoms. The van der Waals surface area contributed by atoms with Crippen molar-refractivity contribution >= 4 is 43.5 Å². The third-order valence-corrected chi connectivity index (χ3v) is 8.27. The molecule has 0 saturated heterocycles. The Bertz CT molecular complexity index is 2300. The van der Waals surface area contributed by atoms with E-state index in [0.29, 0.717) is 0 Å². The van der Waals surface area contributed by atoms with E-state index in [9.17, 15) is 0 Å². The summed E-state index contributed by atoms with van der Waals surface area (Å²) in [4.78, 5) is 0. The molecule has 0 amide bonds. The maximum absolute atomic E-state index is 6.42. The number of hydrogen-bond acceptors (Lipinski definition) is 2. The van der Waals surface area contributed by atoms with Gasteiger partial charge in [-0.2, -0.15) is 0 Å². The first kappa shape index (κ1) is 21.6. The molecule has 9 rings (SSSR count). The summed E-state index contributed by atoms with van der Waals surface area (Å²) in [5.41, 5.74) is 8.88. The molecule has 0 aliphatic carbocycles. The molecule has 2 heteroatoms. The molecule has 40 heavy (non-hydrogen) atoms. The fraction of sp³-hybridized carbons (Fsp3) is 0. The third-order valence-electron chi connectivity index (χ3n) is 8.27. The first-order valence-electron chi connectivity index (χ1n) is 13.6. The van der Waals surface area contributed by atoms with Crippen LogP contribution in [-0.4, -0.2) is 0 Å². The van der Waals surface area contributed by atoms with Gasteiger partial charge in [0.05, 0.1) is 0 Å². The summed E-state index contributed by atoms with van der Waals surface area (Å²) in [6.07, 6.45) is 0. The van der Waals surface area contributed by atoms with Gasteiger partial charge in [-0.1, -0.05) is 103 Å². The van der Waals surface area contributed by atoms with Crippen LogP contribution >= 0.6 is 0 Å². The molecule has 8 aromatic rings. The van der Waals surface area contributed by atoms with Gasteiger partial charge in [-0.3, -0.25) is 0 Å². The predicted molar refractivity (Wildman–Crippen MR) is 165 cm³/mol. The first-order valence-corrected chi connectivity index (χ1v) is 13.6. The van der Waals surface area contributed by atoms with Gasteiger partial charge >= 0.3 is 0 Å². The Kier molecular flexibility index (Phi) is 4.36. The summed E-state index contributed by atoms with van der Waals surface area (Å²) in [6, 6.07) is 47.2. The van der Waals surface area contributed by atoms with E-state index in [-0.39, 0.29) is 0 Å². The second-order valence-corrected chi connectivity index (χ2v) is 10.5. The molecule has 0 unspecified atom stereocenters. The average molecular weight is 511 g/mol. The Morgan fingerprint density at radius 1 is 0.400 bits per heavy atom. The van der Waals surface area contributed by atoms with Crippen molar-refractivity contribution in [3.63, 3.8) is 0 Å². The van der Waals surface area contributed by atoms with E-state index in [1.54, 1.807) is 0 Å². The molecule has 2 heterocycles. The minimum Gasteiger partial charge on any atom is -0.456 e. The van der Waals surface area contributed by atoms with Crippen LogP contribution in [0.4, 0.5) is 0 Å². The highest BCUT2D eigenvalue weighted by molar-refractivity contribution is 6.14. The van der Waals surface area contributed by atoms with Crippen LogP contribution in [0.25, 0.3) is 76.9 Å². The van der Waals surface area contributed by atoms with E-state index < -0.39 is 0 Å². The van der Waals surface area contributed by atoms with Gasteiger partial charge in [0.25, 0.3) is 0 Å². The Balaban J connectivity index is 1.31. The molecule has 0 fully saturated rings. The Labute approximate surface area is 230 Å². The number of rotatable bonds is 2. The van der Waals surface area contributed by atoms with Crippen molar-refractivity contribution in [2.24, 2.45) is 0 Å². The fourth-order valence-corrected chi connectivity index (χ4v) is 6.49. The molecule has 0 atom stereocenters. The molecule has 1 aliphatic rings. The Hall–Kier alpha value is -5.34. The maximum atomic E-state index is 6.42. The predicted octanol–water partition coefficient (Wildman–Crippen LogP) is 11.0. The van der Waals surface area contributed by atoms with E-state index in [1.165, 1.54) is 43.8 Å². The number of furan rings is 1. The van der Waals surface area contributed by atoms with Crippen LogP contribution in [0.5, 0.6) is 11.5 Å². The van der Waals surface area contributed by atoms with Crippen LogP contribution in [0.15, 0.2) is 138 Å². The van der Waals surface area contributed by atoms with Gasteiger partial charge in [0.2, 0.25) is 0 Å². The fourth-order valence-electron chi connectivity index (χ4n) is 6.49. The third kappa shape index (κ3) is 2.99. The Morgan fingerprint density at radius 2 is 1.07 bits per heavy atom. The van der Waals surface area contributed by atoms with Crippen molar-refractivity contribution < 1.29 is 9.15 Å². The Morgan fingerprint density at radius 3 is 2.00 bits per heavy atom. The van der Waals surface area contributed by atoms with Gasteiger partial charge in [-0.25, -0.2) is 0 Å². The molecule has 7 aromatic carbocycles. The van der Waals surface area contributed by atoms with E-state index in [1.807, 2.05) is 24.3 Å². The highest BCUT2D eigenvalue weighted by Gasteiger charge is 2.21. The normalized spacial score (nSPS) is 12.2. The lowest BCUT2D eigenvalue weighted by Crippen LogP contribution is -1.97. The smallest absolute Gasteiger partial charge is 0.143 e. The summed E-state index contributed by atoms with van der Waals surface area (Å²) in [7, 11) is 0. The summed E-state index contributed by atoms with van der Waals surface area (Å²) < 4.78 is 12.7. The van der Waals surface area contributed by atoms with Gasteiger partial charge in [-0.15, -0.1) is 0 Å². The van der Waals surface area contributed by atoms with E-state index in [4.69, 9.17) is 9.15 Å². The number of hydrogen-bond donors (Lipinski definition) is 0. The second-order valence-electron chi connectivity index (χ2n) is 10.5. The van der Waals surface area contributed by atoms with Crippen molar-refractivity contribution in [2.75, 3.05) is 0 Å². The molecule has 0 spiro atoms. The van der Waals surface area contributed by atoms with Crippen molar-refractivity contribution in [1.29, 1.82) is 0 Å². The van der Waals surface area contributed by atoms with Crippen molar-refractivity contribution in [3.05, 3.63) is 133 Å². The van der Waals surface area contributed by atoms with Crippen LogP contribution in [0.1, 0.15) is 0 Å². The number of fused-ring (bicyclic) bond motifs is 6. The van der Waals surface area contributed by atoms with E-state index >= 15 is 0 Å². The summed E-state index contributed by atoms with van der Waals surface area (Å²) in [6.45, 7) is 0. The molecule has 0 radical (unpaired) electrons. The van der Waals surface area contributed by atoms with E-state index in [2.05, 4.69) is 109 Å². The van der Waals surface area contributed by atoms with Crippen LogP contribution in [0.3, 0.4) is 0 Å². The molecule has 1 aromatic heterocycles. The minimum absolute atomic E-state index is 0.902. The SMILES string of the molecule is c1ccc2c(c1)Oc1cccc3cc(-c4ccc(-c5cccc6c5oc5ccccc56)c5ccccc45)cc-2c13. The number of ether oxygens (including phenoxy) is 1. The quantitative estimate of drug-likeness (QED) is 0.231. The lowest BCUT2D eigenvalue weighted by molar-refractivity contribution is 0.487. The molecular formula is C38H22O2. The van der Waals surface area contributed by atoms with Crippen LogP contribution < -0.4 is 4.74 Å². The van der Waals surface area contributed by atoms with Crippen LogP contribution in [0, 0.1) is 0 Å². The molecule has 2 nitrogen and oxygen atoms in total. The van der Waals surface area contributed by atoms with Gasteiger partial charge in [0.1, 0.15) is 22.7 Å². The van der Waals surface area contributed by atoms with Gasteiger partial charge < -0.3 is 9.15 Å².